The van der Waals surface area contributed by atoms with Gasteiger partial charge in [-0.25, -0.2) is 0 Å². The minimum absolute atomic E-state index is 0.112. The number of hydrogen-bond donors (Lipinski definition) is 1. The summed E-state index contributed by atoms with van der Waals surface area (Å²) in [6, 6.07) is 0. The first-order chi connectivity index (χ1) is 13.1. The maximum atomic E-state index is 11.9. The van der Waals surface area contributed by atoms with Crippen LogP contribution in [0.1, 0.15) is 110 Å². The van der Waals surface area contributed by atoms with Crippen molar-refractivity contribution in [2.24, 2.45) is 0 Å². The van der Waals surface area contributed by atoms with Crippen LogP contribution in [0.4, 0.5) is 0 Å². The number of esters is 2. The second-order valence-corrected chi connectivity index (χ2v) is 7.73. The second-order valence-electron chi connectivity index (χ2n) is 7.37. The zero-order valence-electron chi connectivity index (χ0n) is 17.7. The summed E-state index contributed by atoms with van der Waals surface area (Å²) in [6.07, 6.45) is 15.5. The summed E-state index contributed by atoms with van der Waals surface area (Å²) in [7, 11) is 0. The van der Waals surface area contributed by atoms with E-state index in [4.69, 9.17) is 9.47 Å². The van der Waals surface area contributed by atoms with Gasteiger partial charge >= 0.3 is 11.9 Å². The molecule has 0 radical (unpaired) electrons. The zero-order chi connectivity index (χ0) is 20.2. The molecule has 0 amide bonds. The Morgan fingerprint density at radius 1 is 0.704 bits per heavy atom. The quantitative estimate of drug-likeness (QED) is 0.157. The third-order valence-corrected chi connectivity index (χ3v) is 5.06. The van der Waals surface area contributed by atoms with E-state index in [1.165, 1.54) is 57.8 Å². The van der Waals surface area contributed by atoms with Crippen LogP contribution in [0.5, 0.6) is 0 Å². The molecule has 0 saturated heterocycles. The fourth-order valence-electron chi connectivity index (χ4n) is 2.90. The fraction of sp³-hybridized carbons (Fsp3) is 0.909. The SMILES string of the molecule is CCCCCCCCCCC(=O)O[C@@H](CS)COC(=O)CCCCCCC. The molecule has 0 aliphatic heterocycles. The highest BCUT2D eigenvalue weighted by molar-refractivity contribution is 7.80. The van der Waals surface area contributed by atoms with E-state index in [1.807, 2.05) is 0 Å². The first-order valence-corrected chi connectivity index (χ1v) is 11.7. The van der Waals surface area contributed by atoms with Crippen molar-refractivity contribution in [1.29, 1.82) is 0 Å². The van der Waals surface area contributed by atoms with Crippen molar-refractivity contribution in [3.63, 3.8) is 0 Å². The summed E-state index contributed by atoms with van der Waals surface area (Å²) in [5.74, 6) is -0.0551. The monoisotopic (exact) mass is 402 g/mol. The van der Waals surface area contributed by atoms with E-state index in [0.29, 0.717) is 18.6 Å². The number of carbonyl (C=O) groups excluding carboxylic acids is 2. The average molecular weight is 403 g/mol. The average Bonchev–Trinajstić information content (AvgIpc) is 2.67. The van der Waals surface area contributed by atoms with E-state index in [2.05, 4.69) is 26.5 Å². The minimum atomic E-state index is -0.445. The summed E-state index contributed by atoms with van der Waals surface area (Å²) in [5, 5.41) is 0. The summed E-state index contributed by atoms with van der Waals surface area (Å²) < 4.78 is 10.6. The van der Waals surface area contributed by atoms with Gasteiger partial charge in [0, 0.05) is 18.6 Å². The number of unbranched alkanes of at least 4 members (excludes halogenated alkanes) is 11. The Balaban J connectivity index is 3.67. The Morgan fingerprint density at radius 3 is 1.63 bits per heavy atom. The predicted octanol–water partition coefficient (Wildman–Crippen LogP) is 6.26. The predicted molar refractivity (Wildman–Crippen MR) is 115 cm³/mol. The van der Waals surface area contributed by atoms with Crippen LogP contribution < -0.4 is 0 Å². The lowest BCUT2D eigenvalue weighted by Crippen LogP contribution is -2.26. The van der Waals surface area contributed by atoms with Crippen molar-refractivity contribution in [1.82, 2.24) is 0 Å². The topological polar surface area (TPSA) is 52.6 Å². The largest absolute Gasteiger partial charge is 0.462 e. The van der Waals surface area contributed by atoms with Gasteiger partial charge in [0.15, 0.2) is 0 Å². The molecule has 0 aliphatic rings. The molecule has 0 rings (SSSR count). The van der Waals surface area contributed by atoms with Crippen LogP contribution in [0, 0.1) is 0 Å². The summed E-state index contributed by atoms with van der Waals surface area (Å²) in [6.45, 7) is 4.50. The maximum absolute atomic E-state index is 11.9. The molecular weight excluding hydrogens is 360 g/mol. The van der Waals surface area contributed by atoms with Crippen LogP contribution in [0.2, 0.25) is 0 Å². The Labute approximate surface area is 172 Å². The molecule has 0 N–H and O–H groups in total. The van der Waals surface area contributed by atoms with Gasteiger partial charge in [0.05, 0.1) is 0 Å². The molecule has 0 heterocycles. The Bertz CT molecular complexity index is 360. The molecule has 0 aliphatic carbocycles. The van der Waals surface area contributed by atoms with Crippen LogP contribution in [0.3, 0.4) is 0 Å². The number of ether oxygens (including phenoxy) is 2. The molecule has 1 atom stereocenters. The lowest BCUT2D eigenvalue weighted by atomic mass is 10.1. The van der Waals surface area contributed by atoms with Crippen LogP contribution >= 0.6 is 12.6 Å². The van der Waals surface area contributed by atoms with Gasteiger partial charge in [-0.2, -0.15) is 12.6 Å². The first-order valence-electron chi connectivity index (χ1n) is 11.1. The standard InChI is InChI=1S/C22H42O4S/c1-3-5-7-9-10-11-13-15-17-22(24)26-20(19-27)18-25-21(23)16-14-12-8-6-4-2/h20,27H,3-19H2,1-2H3/t20-/m1/s1. The number of hydrogen-bond acceptors (Lipinski definition) is 5. The van der Waals surface area contributed by atoms with Gasteiger partial charge in [-0.15, -0.1) is 0 Å². The van der Waals surface area contributed by atoms with Crippen molar-refractivity contribution < 1.29 is 19.1 Å². The molecule has 0 bridgehead atoms. The van der Waals surface area contributed by atoms with Crippen molar-refractivity contribution in [2.75, 3.05) is 12.4 Å². The lowest BCUT2D eigenvalue weighted by Gasteiger charge is -2.16. The van der Waals surface area contributed by atoms with Crippen LogP contribution in [-0.2, 0) is 19.1 Å². The van der Waals surface area contributed by atoms with Gasteiger partial charge in [-0.05, 0) is 12.8 Å². The molecule has 0 fully saturated rings. The maximum Gasteiger partial charge on any atom is 0.306 e. The van der Waals surface area contributed by atoms with Crippen LogP contribution in [0.15, 0.2) is 0 Å². The third kappa shape index (κ3) is 18.4. The molecule has 0 aromatic rings. The van der Waals surface area contributed by atoms with Crippen LogP contribution in [0.25, 0.3) is 0 Å². The number of rotatable bonds is 19. The minimum Gasteiger partial charge on any atom is -0.462 e. The molecule has 0 aromatic carbocycles. The summed E-state index contributed by atoms with van der Waals surface area (Å²) >= 11 is 4.20. The highest BCUT2D eigenvalue weighted by Crippen LogP contribution is 2.11. The highest BCUT2D eigenvalue weighted by atomic mass is 32.1. The molecular formula is C22H42O4S. The van der Waals surface area contributed by atoms with E-state index < -0.39 is 6.10 Å². The molecule has 0 aromatic heterocycles. The Kier molecular flexibility index (Phi) is 19.5. The van der Waals surface area contributed by atoms with Gasteiger partial charge in [-0.1, -0.05) is 84.5 Å². The van der Waals surface area contributed by atoms with E-state index in [0.717, 1.165) is 25.7 Å². The molecule has 0 saturated carbocycles. The molecule has 4 nitrogen and oxygen atoms in total. The van der Waals surface area contributed by atoms with E-state index in [1.54, 1.807) is 0 Å². The van der Waals surface area contributed by atoms with E-state index in [9.17, 15) is 9.59 Å². The van der Waals surface area contributed by atoms with Gasteiger partial charge < -0.3 is 9.47 Å². The summed E-state index contributed by atoms with van der Waals surface area (Å²) in [4.78, 5) is 23.6. The number of carbonyl (C=O) groups is 2. The smallest absolute Gasteiger partial charge is 0.306 e. The van der Waals surface area contributed by atoms with Gasteiger partial charge in [0.25, 0.3) is 0 Å². The fourth-order valence-corrected chi connectivity index (χ4v) is 3.08. The molecule has 0 spiro atoms. The molecule has 160 valence electrons. The number of thiol groups is 1. The van der Waals surface area contributed by atoms with Crippen molar-refractivity contribution in [3.05, 3.63) is 0 Å². The normalized spacial score (nSPS) is 12.0. The Morgan fingerprint density at radius 2 is 1.15 bits per heavy atom. The van der Waals surface area contributed by atoms with Crippen LogP contribution in [-0.4, -0.2) is 30.4 Å². The van der Waals surface area contributed by atoms with Gasteiger partial charge in [0.1, 0.15) is 12.7 Å². The molecule has 27 heavy (non-hydrogen) atoms. The highest BCUT2D eigenvalue weighted by Gasteiger charge is 2.15. The van der Waals surface area contributed by atoms with Crippen molar-refractivity contribution >= 4 is 24.6 Å². The zero-order valence-corrected chi connectivity index (χ0v) is 18.6. The summed E-state index contributed by atoms with van der Waals surface area (Å²) in [5.41, 5.74) is 0. The second kappa shape index (κ2) is 20.0. The third-order valence-electron chi connectivity index (χ3n) is 4.65. The van der Waals surface area contributed by atoms with Gasteiger partial charge in [0.2, 0.25) is 0 Å². The molecule has 0 unspecified atom stereocenters. The van der Waals surface area contributed by atoms with E-state index >= 15 is 0 Å². The first kappa shape index (κ1) is 26.3. The lowest BCUT2D eigenvalue weighted by molar-refractivity contribution is -0.157. The van der Waals surface area contributed by atoms with Gasteiger partial charge in [-0.3, -0.25) is 9.59 Å². The van der Waals surface area contributed by atoms with Crippen molar-refractivity contribution in [2.45, 2.75) is 116 Å². The van der Waals surface area contributed by atoms with Crippen molar-refractivity contribution in [3.8, 4) is 0 Å². The molecule has 5 heteroatoms. The van der Waals surface area contributed by atoms with E-state index in [-0.39, 0.29) is 18.5 Å². The Hall–Kier alpha value is -0.710.